The van der Waals surface area contributed by atoms with Gasteiger partial charge < -0.3 is 4.90 Å². The molecule has 0 amide bonds. The number of rotatable bonds is 4. The number of thiophene rings is 1. The second kappa shape index (κ2) is 5.47. The predicted molar refractivity (Wildman–Crippen MR) is 73.1 cm³/mol. The summed E-state index contributed by atoms with van der Waals surface area (Å²) < 4.78 is 0. The second-order valence-electron chi connectivity index (χ2n) is 3.89. The average molecular weight is 268 g/mol. The lowest BCUT2D eigenvalue weighted by Gasteiger charge is -2.17. The first-order valence-electron chi connectivity index (χ1n) is 5.40. The van der Waals surface area contributed by atoms with E-state index in [1.807, 2.05) is 20.0 Å². The summed E-state index contributed by atoms with van der Waals surface area (Å²) in [6, 6.07) is 6.17. The van der Waals surface area contributed by atoms with Crippen molar-refractivity contribution < 1.29 is 0 Å². The van der Waals surface area contributed by atoms with Gasteiger partial charge >= 0.3 is 0 Å². The molecule has 0 unspecified atom stereocenters. The van der Waals surface area contributed by atoms with Crippen LogP contribution in [0.3, 0.4) is 0 Å². The van der Waals surface area contributed by atoms with Crippen molar-refractivity contribution in [3.05, 3.63) is 39.4 Å². The van der Waals surface area contributed by atoms with Crippen LogP contribution in [0.1, 0.15) is 10.6 Å². The topological polar surface area (TPSA) is 29.0 Å². The number of hydrogen-bond acceptors (Lipinski definition) is 4. The molecule has 0 aliphatic carbocycles. The summed E-state index contributed by atoms with van der Waals surface area (Å²) >= 11 is 7.63. The van der Waals surface area contributed by atoms with E-state index >= 15 is 0 Å². The number of halogens is 1. The maximum Gasteiger partial charge on any atom is 0.224 e. The predicted octanol–water partition coefficient (Wildman–Crippen LogP) is 3.18. The number of aromatic nitrogens is 2. The Hall–Kier alpha value is -1.13. The fourth-order valence-electron chi connectivity index (χ4n) is 1.56. The molecule has 5 heteroatoms. The van der Waals surface area contributed by atoms with Gasteiger partial charge in [-0.2, -0.15) is 0 Å². The minimum atomic E-state index is 0.308. The maximum absolute atomic E-state index is 5.85. The van der Waals surface area contributed by atoms with Crippen LogP contribution >= 0.6 is 22.9 Å². The zero-order chi connectivity index (χ0) is 12.3. The molecule has 0 saturated heterocycles. The summed E-state index contributed by atoms with van der Waals surface area (Å²) in [5.74, 6) is 0.874. The average Bonchev–Trinajstić information content (AvgIpc) is 2.77. The zero-order valence-corrected chi connectivity index (χ0v) is 11.4. The van der Waals surface area contributed by atoms with Crippen LogP contribution in [0.5, 0.6) is 0 Å². The van der Waals surface area contributed by atoms with Crippen molar-refractivity contribution in [1.82, 2.24) is 9.97 Å². The van der Waals surface area contributed by atoms with Crippen molar-refractivity contribution in [3.8, 4) is 0 Å². The van der Waals surface area contributed by atoms with Gasteiger partial charge in [0.05, 0.1) is 0 Å². The third-order valence-corrected chi connectivity index (χ3v) is 3.58. The van der Waals surface area contributed by atoms with Gasteiger partial charge in [-0.15, -0.1) is 11.3 Å². The van der Waals surface area contributed by atoms with E-state index in [2.05, 4.69) is 32.4 Å². The first kappa shape index (κ1) is 12.3. The van der Waals surface area contributed by atoms with Crippen LogP contribution in [0.25, 0.3) is 0 Å². The van der Waals surface area contributed by atoms with E-state index in [1.54, 1.807) is 11.3 Å². The van der Waals surface area contributed by atoms with Gasteiger partial charge in [0.2, 0.25) is 5.28 Å². The number of likely N-dealkylation sites (N-methyl/N-ethyl adjacent to an activating group) is 1. The fraction of sp³-hybridized carbons (Fsp3) is 0.333. The summed E-state index contributed by atoms with van der Waals surface area (Å²) in [4.78, 5) is 11.8. The third kappa shape index (κ3) is 3.41. The summed E-state index contributed by atoms with van der Waals surface area (Å²) in [7, 11) is 2.02. The molecule has 17 heavy (non-hydrogen) atoms. The standard InChI is InChI=1S/C12H14ClN3S/c1-9-8-11(15-12(13)14-9)16(2)6-5-10-4-3-7-17-10/h3-4,7-8H,5-6H2,1-2H3. The van der Waals surface area contributed by atoms with Crippen molar-refractivity contribution in [3.63, 3.8) is 0 Å². The van der Waals surface area contributed by atoms with Gasteiger partial charge in [0.1, 0.15) is 5.82 Å². The lowest BCUT2D eigenvalue weighted by atomic mass is 10.3. The molecular weight excluding hydrogens is 254 g/mol. The van der Waals surface area contributed by atoms with Gasteiger partial charge in [-0.3, -0.25) is 0 Å². The quantitative estimate of drug-likeness (QED) is 0.797. The van der Waals surface area contributed by atoms with Gasteiger partial charge in [0.25, 0.3) is 0 Å². The number of anilines is 1. The second-order valence-corrected chi connectivity index (χ2v) is 5.26. The minimum Gasteiger partial charge on any atom is -0.359 e. The number of hydrogen-bond donors (Lipinski definition) is 0. The maximum atomic E-state index is 5.85. The normalized spacial score (nSPS) is 10.5. The molecule has 0 bridgehead atoms. The molecule has 3 nitrogen and oxygen atoms in total. The lowest BCUT2D eigenvalue weighted by Crippen LogP contribution is -2.21. The summed E-state index contributed by atoms with van der Waals surface area (Å²) in [5.41, 5.74) is 0.892. The van der Waals surface area contributed by atoms with Gasteiger partial charge in [-0.25, -0.2) is 9.97 Å². The first-order valence-corrected chi connectivity index (χ1v) is 6.65. The first-order chi connectivity index (χ1) is 8.15. The fourth-order valence-corrected chi connectivity index (χ4v) is 2.48. The van der Waals surface area contributed by atoms with Crippen LogP contribution in [0.15, 0.2) is 23.6 Å². The van der Waals surface area contributed by atoms with E-state index in [0.29, 0.717) is 5.28 Å². The Morgan fingerprint density at radius 1 is 1.41 bits per heavy atom. The van der Waals surface area contributed by atoms with Gasteiger partial charge in [-0.1, -0.05) is 6.07 Å². The Morgan fingerprint density at radius 2 is 2.24 bits per heavy atom. The van der Waals surface area contributed by atoms with Crippen LogP contribution in [0, 0.1) is 6.92 Å². The molecule has 0 N–H and O–H groups in total. The van der Waals surface area contributed by atoms with Crippen LogP contribution in [-0.2, 0) is 6.42 Å². The van der Waals surface area contributed by atoms with Gasteiger partial charge in [0, 0.05) is 30.2 Å². The molecule has 2 aromatic heterocycles. The highest BCUT2D eigenvalue weighted by Gasteiger charge is 2.06. The van der Waals surface area contributed by atoms with Crippen LogP contribution in [-0.4, -0.2) is 23.6 Å². The Balaban J connectivity index is 2.01. The van der Waals surface area contributed by atoms with E-state index in [0.717, 1.165) is 24.5 Å². The highest BCUT2D eigenvalue weighted by Crippen LogP contribution is 2.15. The third-order valence-electron chi connectivity index (χ3n) is 2.48. The molecule has 0 radical (unpaired) electrons. The molecule has 0 aliphatic rings. The Kier molecular flexibility index (Phi) is 3.97. The molecule has 0 spiro atoms. The largest absolute Gasteiger partial charge is 0.359 e. The van der Waals surface area contributed by atoms with Crippen molar-refractivity contribution in [2.24, 2.45) is 0 Å². The molecule has 0 saturated carbocycles. The lowest BCUT2D eigenvalue weighted by molar-refractivity contribution is 0.861. The molecule has 0 aliphatic heterocycles. The molecule has 0 atom stereocenters. The van der Waals surface area contributed by atoms with Crippen molar-refractivity contribution in [1.29, 1.82) is 0 Å². The summed E-state index contributed by atoms with van der Waals surface area (Å²) in [6.07, 6.45) is 1.02. The SMILES string of the molecule is Cc1cc(N(C)CCc2cccs2)nc(Cl)n1. The molecule has 2 heterocycles. The minimum absolute atomic E-state index is 0.308. The molecule has 0 fully saturated rings. The van der Waals surface area contributed by atoms with Crippen LogP contribution in [0.2, 0.25) is 5.28 Å². The van der Waals surface area contributed by atoms with Crippen LogP contribution < -0.4 is 4.90 Å². The Labute approximate surface area is 110 Å². The van der Waals surface area contributed by atoms with E-state index in [4.69, 9.17) is 11.6 Å². The molecular formula is C12H14ClN3S. The van der Waals surface area contributed by atoms with E-state index in [1.165, 1.54) is 4.88 Å². The highest BCUT2D eigenvalue weighted by molar-refractivity contribution is 7.09. The van der Waals surface area contributed by atoms with E-state index in [9.17, 15) is 0 Å². The van der Waals surface area contributed by atoms with Gasteiger partial charge in [0.15, 0.2) is 0 Å². The van der Waals surface area contributed by atoms with Crippen molar-refractivity contribution in [2.45, 2.75) is 13.3 Å². The van der Waals surface area contributed by atoms with E-state index < -0.39 is 0 Å². The van der Waals surface area contributed by atoms with Crippen LogP contribution in [0.4, 0.5) is 5.82 Å². The molecule has 2 rings (SSSR count). The Bertz CT molecular complexity index is 464. The van der Waals surface area contributed by atoms with Gasteiger partial charge in [-0.05, 0) is 36.4 Å². The number of aryl methyl sites for hydroxylation is 1. The van der Waals surface area contributed by atoms with Crippen molar-refractivity contribution >= 4 is 28.8 Å². The molecule has 90 valence electrons. The van der Waals surface area contributed by atoms with Crippen molar-refractivity contribution in [2.75, 3.05) is 18.5 Å². The highest BCUT2D eigenvalue weighted by atomic mass is 35.5. The van der Waals surface area contributed by atoms with E-state index in [-0.39, 0.29) is 0 Å². The summed E-state index contributed by atoms with van der Waals surface area (Å²) in [5, 5.41) is 2.41. The Morgan fingerprint density at radius 3 is 2.88 bits per heavy atom. The smallest absolute Gasteiger partial charge is 0.224 e. The number of nitrogens with zero attached hydrogens (tertiary/aromatic N) is 3. The molecule has 0 aromatic carbocycles. The summed E-state index contributed by atoms with van der Waals surface area (Å²) in [6.45, 7) is 2.84. The molecule has 2 aromatic rings. The zero-order valence-electron chi connectivity index (χ0n) is 9.85. The monoisotopic (exact) mass is 267 g/mol.